The summed E-state index contributed by atoms with van der Waals surface area (Å²) in [7, 11) is 1.37. The number of alkyl halides is 2. The summed E-state index contributed by atoms with van der Waals surface area (Å²) in [6.07, 6.45) is -0.748. The van der Waals surface area contributed by atoms with E-state index >= 15 is 0 Å². The molecule has 0 aromatic heterocycles. The molecule has 5 nitrogen and oxygen atoms in total. The van der Waals surface area contributed by atoms with Gasteiger partial charge in [0, 0.05) is 19.3 Å². The van der Waals surface area contributed by atoms with Crippen molar-refractivity contribution in [3.63, 3.8) is 0 Å². The molecule has 0 aliphatic carbocycles. The summed E-state index contributed by atoms with van der Waals surface area (Å²) in [5, 5.41) is 2.54. The number of amides is 1. The second-order valence-electron chi connectivity index (χ2n) is 3.35. The third-order valence-electron chi connectivity index (χ3n) is 2.14. The van der Waals surface area contributed by atoms with Crippen molar-refractivity contribution in [2.75, 3.05) is 19.0 Å². The number of nitrogens with two attached hydrogens (primary N) is 1. The van der Waals surface area contributed by atoms with Crippen LogP contribution in [0.2, 0.25) is 0 Å². The van der Waals surface area contributed by atoms with E-state index in [1.54, 1.807) is 0 Å². The second-order valence-corrected chi connectivity index (χ2v) is 3.35. The maximum atomic E-state index is 11.9. The monoisotopic (exact) mass is 296 g/mol. The number of methoxy groups -OCH3 is 1. The molecule has 1 unspecified atom stereocenters. The predicted octanol–water partition coefficient (Wildman–Crippen LogP) is 1.62. The van der Waals surface area contributed by atoms with E-state index in [-0.39, 0.29) is 24.7 Å². The van der Waals surface area contributed by atoms with Crippen molar-refractivity contribution in [1.29, 1.82) is 0 Å². The topological polar surface area (TPSA) is 73.6 Å². The average molecular weight is 297 g/mol. The lowest BCUT2D eigenvalue weighted by Gasteiger charge is -2.13. The van der Waals surface area contributed by atoms with E-state index in [0.29, 0.717) is 5.69 Å². The Bertz CT molecular complexity index is 386. The Kier molecular flexibility index (Phi) is 7.97. The number of nitrogens with one attached hydrogen (secondary N) is 1. The summed E-state index contributed by atoms with van der Waals surface area (Å²) < 4.78 is 32.8. The fourth-order valence-electron chi connectivity index (χ4n) is 1.25. The minimum Gasteiger partial charge on any atom is -0.435 e. The zero-order chi connectivity index (χ0) is 13.5. The molecule has 0 bridgehead atoms. The van der Waals surface area contributed by atoms with Crippen molar-refractivity contribution in [1.82, 2.24) is 0 Å². The van der Waals surface area contributed by atoms with Crippen LogP contribution in [0, 0.1) is 0 Å². The van der Waals surface area contributed by atoms with Crippen molar-refractivity contribution >= 4 is 24.0 Å². The molecule has 8 heteroatoms. The first-order valence-electron chi connectivity index (χ1n) is 5.15. The zero-order valence-corrected chi connectivity index (χ0v) is 11.0. The Balaban J connectivity index is 0.00000324. The molecule has 0 fully saturated rings. The molecule has 0 heterocycles. The van der Waals surface area contributed by atoms with Gasteiger partial charge >= 0.3 is 6.61 Å². The molecule has 108 valence electrons. The van der Waals surface area contributed by atoms with Gasteiger partial charge in [0.25, 0.3) is 5.91 Å². The lowest BCUT2D eigenvalue weighted by Crippen LogP contribution is -2.35. The van der Waals surface area contributed by atoms with E-state index in [1.165, 1.54) is 31.4 Å². The van der Waals surface area contributed by atoms with E-state index in [1.807, 2.05) is 0 Å². The minimum atomic E-state index is -2.87. The first kappa shape index (κ1) is 17.6. The number of halogens is 3. The summed E-state index contributed by atoms with van der Waals surface area (Å²) in [5.74, 6) is -0.382. The van der Waals surface area contributed by atoms with E-state index in [0.717, 1.165) is 0 Å². The van der Waals surface area contributed by atoms with Gasteiger partial charge in [-0.1, -0.05) is 0 Å². The van der Waals surface area contributed by atoms with E-state index in [4.69, 9.17) is 10.5 Å². The number of carbonyl (C=O) groups excluding carboxylic acids is 1. The van der Waals surface area contributed by atoms with Gasteiger partial charge in [-0.3, -0.25) is 4.79 Å². The van der Waals surface area contributed by atoms with Crippen LogP contribution in [0.1, 0.15) is 0 Å². The highest BCUT2D eigenvalue weighted by Crippen LogP contribution is 2.17. The molecule has 0 aliphatic heterocycles. The maximum Gasteiger partial charge on any atom is 0.387 e. The predicted molar refractivity (Wildman–Crippen MR) is 68.8 cm³/mol. The summed E-state index contributed by atoms with van der Waals surface area (Å²) in [4.78, 5) is 11.6. The van der Waals surface area contributed by atoms with Gasteiger partial charge in [0.05, 0.1) is 0 Å². The summed E-state index contributed by atoms with van der Waals surface area (Å²) in [6, 6.07) is 5.54. The number of anilines is 1. The fraction of sp³-hybridized carbons (Fsp3) is 0.364. The number of hydrogen-bond acceptors (Lipinski definition) is 4. The number of ether oxygens (including phenoxy) is 2. The van der Waals surface area contributed by atoms with Crippen molar-refractivity contribution in [2.24, 2.45) is 5.73 Å². The summed E-state index contributed by atoms with van der Waals surface area (Å²) in [5.41, 5.74) is 5.77. The molecule has 0 aliphatic rings. The van der Waals surface area contributed by atoms with Crippen molar-refractivity contribution in [3.8, 4) is 5.75 Å². The Morgan fingerprint density at radius 1 is 1.37 bits per heavy atom. The third kappa shape index (κ3) is 5.82. The highest BCUT2D eigenvalue weighted by atomic mass is 35.5. The lowest BCUT2D eigenvalue weighted by molar-refractivity contribution is -0.125. The largest absolute Gasteiger partial charge is 0.435 e. The van der Waals surface area contributed by atoms with Crippen LogP contribution in [-0.4, -0.2) is 32.3 Å². The SMILES string of the molecule is COC(CN)C(=O)Nc1ccc(OC(F)F)cc1.Cl. The van der Waals surface area contributed by atoms with Crippen molar-refractivity contribution in [2.45, 2.75) is 12.7 Å². The molecular weight excluding hydrogens is 282 g/mol. The summed E-state index contributed by atoms with van der Waals surface area (Å²) >= 11 is 0. The van der Waals surface area contributed by atoms with E-state index in [2.05, 4.69) is 10.1 Å². The zero-order valence-electron chi connectivity index (χ0n) is 10.1. The standard InChI is InChI=1S/C11H14F2N2O3.ClH/c1-17-9(6-14)10(16)15-7-2-4-8(5-3-7)18-11(12)13;/h2-5,9,11H,6,14H2,1H3,(H,15,16);1H. The van der Waals surface area contributed by atoms with Crippen LogP contribution in [0.15, 0.2) is 24.3 Å². The van der Waals surface area contributed by atoms with Crippen LogP contribution in [0.5, 0.6) is 5.75 Å². The Hall–Kier alpha value is -1.44. The van der Waals surface area contributed by atoms with Crippen LogP contribution < -0.4 is 15.8 Å². The van der Waals surface area contributed by atoms with Crippen LogP contribution >= 0.6 is 12.4 Å². The highest BCUT2D eigenvalue weighted by Gasteiger charge is 2.15. The molecule has 0 spiro atoms. The normalized spacial score (nSPS) is 11.6. The van der Waals surface area contributed by atoms with Crippen molar-refractivity contribution < 1.29 is 23.0 Å². The molecule has 1 aromatic rings. The quantitative estimate of drug-likeness (QED) is 0.836. The average Bonchev–Trinajstić information content (AvgIpc) is 2.32. The van der Waals surface area contributed by atoms with Crippen LogP contribution in [0.4, 0.5) is 14.5 Å². The van der Waals surface area contributed by atoms with E-state index < -0.39 is 18.6 Å². The number of rotatable bonds is 6. The van der Waals surface area contributed by atoms with Gasteiger partial charge in [-0.2, -0.15) is 8.78 Å². The molecular formula is C11H15ClF2N2O3. The minimum absolute atomic E-state index is 0. The second kappa shape index (κ2) is 8.63. The smallest absolute Gasteiger partial charge is 0.387 e. The number of hydrogen-bond donors (Lipinski definition) is 2. The Morgan fingerprint density at radius 3 is 2.37 bits per heavy atom. The van der Waals surface area contributed by atoms with Gasteiger partial charge in [0.2, 0.25) is 0 Å². The number of carbonyl (C=O) groups is 1. The first-order chi connectivity index (χ1) is 8.56. The van der Waals surface area contributed by atoms with Crippen LogP contribution in [-0.2, 0) is 9.53 Å². The van der Waals surface area contributed by atoms with Crippen molar-refractivity contribution in [3.05, 3.63) is 24.3 Å². The molecule has 1 atom stereocenters. The lowest BCUT2D eigenvalue weighted by atomic mass is 10.2. The van der Waals surface area contributed by atoms with Gasteiger partial charge in [-0.05, 0) is 24.3 Å². The summed E-state index contributed by atoms with van der Waals surface area (Å²) in [6.45, 7) is -2.82. The molecule has 1 aromatic carbocycles. The fourth-order valence-corrected chi connectivity index (χ4v) is 1.25. The van der Waals surface area contributed by atoms with Gasteiger partial charge in [-0.15, -0.1) is 12.4 Å². The third-order valence-corrected chi connectivity index (χ3v) is 2.14. The van der Waals surface area contributed by atoms with Gasteiger partial charge in [0.1, 0.15) is 11.9 Å². The van der Waals surface area contributed by atoms with Gasteiger partial charge in [-0.25, -0.2) is 0 Å². The molecule has 19 heavy (non-hydrogen) atoms. The van der Waals surface area contributed by atoms with Gasteiger partial charge in [0.15, 0.2) is 0 Å². The molecule has 1 amide bonds. The maximum absolute atomic E-state index is 11.9. The molecule has 0 radical (unpaired) electrons. The Labute approximate surface area is 115 Å². The molecule has 1 rings (SSSR count). The molecule has 3 N–H and O–H groups in total. The van der Waals surface area contributed by atoms with Gasteiger partial charge < -0.3 is 20.5 Å². The number of benzene rings is 1. The first-order valence-corrected chi connectivity index (χ1v) is 5.15. The van der Waals surface area contributed by atoms with Crippen LogP contribution in [0.25, 0.3) is 0 Å². The highest BCUT2D eigenvalue weighted by molar-refractivity contribution is 5.94. The molecule has 0 saturated heterocycles. The van der Waals surface area contributed by atoms with E-state index in [9.17, 15) is 13.6 Å². The molecule has 0 saturated carbocycles. The van der Waals surface area contributed by atoms with Crippen LogP contribution in [0.3, 0.4) is 0 Å². The Morgan fingerprint density at radius 2 is 1.95 bits per heavy atom.